The Balaban J connectivity index is 2.02. The molecule has 0 bridgehead atoms. The molecule has 100 valence electrons. The minimum absolute atomic E-state index is 0.261. The van der Waals surface area contributed by atoms with Crippen LogP contribution in [0.1, 0.15) is 23.8 Å². The Kier molecular flexibility index (Phi) is 4.42. The van der Waals surface area contributed by atoms with Crippen LogP contribution in [-0.4, -0.2) is 27.5 Å². The van der Waals surface area contributed by atoms with Gasteiger partial charge >= 0.3 is 0 Å². The molecule has 18 heavy (non-hydrogen) atoms. The number of fused-ring (bicyclic) bond motifs is 1. The molecule has 1 unspecified atom stereocenters. The summed E-state index contributed by atoms with van der Waals surface area (Å²) in [4.78, 5) is 1.30. The van der Waals surface area contributed by atoms with Crippen molar-refractivity contribution >= 4 is 41.9 Å². The molecule has 0 aromatic carbocycles. The first-order valence-corrected chi connectivity index (χ1v) is 9.57. The van der Waals surface area contributed by atoms with Crippen LogP contribution in [0.2, 0.25) is 0 Å². The van der Waals surface area contributed by atoms with Gasteiger partial charge in [-0.25, -0.2) is 8.42 Å². The average Bonchev–Trinajstić information content (AvgIpc) is 2.82. The SMILES string of the molecule is CNC(CCCS(C)(=O)=O)c1cc2sccc2s1. The summed E-state index contributed by atoms with van der Waals surface area (Å²) >= 11 is 3.54. The molecule has 0 amide bonds. The molecule has 3 nitrogen and oxygen atoms in total. The highest BCUT2D eigenvalue weighted by atomic mass is 32.2. The zero-order valence-corrected chi connectivity index (χ0v) is 12.9. The fourth-order valence-electron chi connectivity index (χ4n) is 1.93. The summed E-state index contributed by atoms with van der Waals surface area (Å²) in [6.45, 7) is 0. The molecule has 2 aromatic heterocycles. The molecule has 2 rings (SSSR count). The van der Waals surface area contributed by atoms with Crippen LogP contribution in [0.4, 0.5) is 0 Å². The molecular weight excluding hydrogens is 286 g/mol. The summed E-state index contributed by atoms with van der Waals surface area (Å²) in [6.07, 6.45) is 2.86. The minimum Gasteiger partial charge on any atom is -0.312 e. The molecular formula is C12H17NO2S3. The van der Waals surface area contributed by atoms with Crippen molar-refractivity contribution in [3.8, 4) is 0 Å². The van der Waals surface area contributed by atoms with E-state index in [0.29, 0.717) is 6.42 Å². The second-order valence-electron chi connectivity index (χ2n) is 4.41. The van der Waals surface area contributed by atoms with E-state index < -0.39 is 9.84 Å². The second-order valence-corrected chi connectivity index (χ2v) is 8.73. The average molecular weight is 303 g/mol. The Morgan fingerprint density at radius 3 is 2.78 bits per heavy atom. The van der Waals surface area contributed by atoms with Crippen LogP contribution in [-0.2, 0) is 9.84 Å². The maximum absolute atomic E-state index is 11.1. The molecule has 0 fully saturated rings. The summed E-state index contributed by atoms with van der Waals surface area (Å²) in [5, 5.41) is 5.38. The van der Waals surface area contributed by atoms with Crippen LogP contribution in [0.5, 0.6) is 0 Å². The maximum atomic E-state index is 11.1. The Morgan fingerprint density at radius 1 is 1.39 bits per heavy atom. The quantitative estimate of drug-likeness (QED) is 0.892. The molecule has 1 N–H and O–H groups in total. The van der Waals surface area contributed by atoms with E-state index in [1.807, 2.05) is 7.05 Å². The van der Waals surface area contributed by atoms with Crippen molar-refractivity contribution in [2.45, 2.75) is 18.9 Å². The first kappa shape index (κ1) is 14.0. The predicted molar refractivity (Wildman–Crippen MR) is 80.4 cm³/mol. The highest BCUT2D eigenvalue weighted by molar-refractivity contribution is 7.90. The number of thiophene rings is 2. The Bertz CT molecular complexity index is 584. The van der Waals surface area contributed by atoms with E-state index in [0.717, 1.165) is 6.42 Å². The monoisotopic (exact) mass is 303 g/mol. The lowest BCUT2D eigenvalue weighted by molar-refractivity contribution is 0.543. The third kappa shape index (κ3) is 3.54. The van der Waals surface area contributed by atoms with Gasteiger partial charge in [-0.3, -0.25) is 0 Å². The van der Waals surface area contributed by atoms with Crippen LogP contribution in [0.15, 0.2) is 17.5 Å². The van der Waals surface area contributed by atoms with E-state index in [-0.39, 0.29) is 11.8 Å². The topological polar surface area (TPSA) is 46.2 Å². The number of sulfone groups is 1. The highest BCUT2D eigenvalue weighted by Gasteiger charge is 2.14. The maximum Gasteiger partial charge on any atom is 0.147 e. The zero-order chi connectivity index (χ0) is 13.2. The summed E-state index contributed by atoms with van der Waals surface area (Å²) in [5.41, 5.74) is 0. The molecule has 2 heterocycles. The molecule has 0 saturated carbocycles. The number of rotatable bonds is 6. The molecule has 0 aliphatic carbocycles. The van der Waals surface area contributed by atoms with Gasteiger partial charge in [-0.1, -0.05) is 0 Å². The van der Waals surface area contributed by atoms with Gasteiger partial charge in [-0.2, -0.15) is 0 Å². The van der Waals surface area contributed by atoms with Crippen molar-refractivity contribution in [1.29, 1.82) is 0 Å². The third-order valence-corrected chi connectivity index (χ3v) is 6.10. The zero-order valence-electron chi connectivity index (χ0n) is 10.5. The predicted octanol–water partition coefficient (Wildman–Crippen LogP) is 3.05. The molecule has 0 aliphatic heterocycles. The van der Waals surface area contributed by atoms with E-state index in [9.17, 15) is 8.42 Å². The van der Waals surface area contributed by atoms with Gasteiger partial charge in [0, 0.05) is 32.3 Å². The highest BCUT2D eigenvalue weighted by Crippen LogP contribution is 2.34. The summed E-state index contributed by atoms with van der Waals surface area (Å²) in [6, 6.07) is 4.61. The lowest BCUT2D eigenvalue weighted by Gasteiger charge is -2.13. The Hall–Kier alpha value is -0.430. The largest absolute Gasteiger partial charge is 0.312 e. The van der Waals surface area contributed by atoms with Gasteiger partial charge in [0.15, 0.2) is 0 Å². The van der Waals surface area contributed by atoms with E-state index in [4.69, 9.17) is 0 Å². The van der Waals surface area contributed by atoms with Gasteiger partial charge in [-0.15, -0.1) is 22.7 Å². The van der Waals surface area contributed by atoms with Crippen LogP contribution in [0.25, 0.3) is 9.40 Å². The van der Waals surface area contributed by atoms with Gasteiger partial charge in [0.1, 0.15) is 9.84 Å². The second kappa shape index (κ2) is 5.69. The van der Waals surface area contributed by atoms with Gasteiger partial charge in [0.25, 0.3) is 0 Å². The molecule has 0 radical (unpaired) electrons. The van der Waals surface area contributed by atoms with Crippen molar-refractivity contribution in [2.24, 2.45) is 0 Å². The van der Waals surface area contributed by atoms with E-state index in [1.165, 1.54) is 20.5 Å². The van der Waals surface area contributed by atoms with Crippen molar-refractivity contribution in [3.63, 3.8) is 0 Å². The van der Waals surface area contributed by atoms with Crippen molar-refractivity contribution in [2.75, 3.05) is 19.1 Å². The third-order valence-electron chi connectivity index (χ3n) is 2.86. The molecule has 0 aliphatic rings. The van der Waals surface area contributed by atoms with Gasteiger partial charge < -0.3 is 5.32 Å². The van der Waals surface area contributed by atoms with Crippen LogP contribution >= 0.6 is 22.7 Å². The van der Waals surface area contributed by atoms with Crippen LogP contribution in [0.3, 0.4) is 0 Å². The van der Waals surface area contributed by atoms with Crippen LogP contribution < -0.4 is 5.32 Å². The molecule has 0 spiro atoms. The fourth-order valence-corrected chi connectivity index (χ4v) is 4.89. The van der Waals surface area contributed by atoms with Crippen LogP contribution in [0, 0.1) is 0 Å². The number of hydrogen-bond acceptors (Lipinski definition) is 5. The molecule has 1 atom stereocenters. The standard InChI is InChI=1S/C12H17NO2S3/c1-13-9(4-3-7-18(2,14)15)11-8-12-10(17-11)5-6-16-12/h5-6,8-9,13H,3-4,7H2,1-2H3. The van der Waals surface area contributed by atoms with E-state index in [1.54, 1.807) is 22.7 Å². The van der Waals surface area contributed by atoms with Gasteiger partial charge in [0.05, 0.1) is 0 Å². The summed E-state index contributed by atoms with van der Waals surface area (Å²) in [5.74, 6) is 0.269. The lowest BCUT2D eigenvalue weighted by atomic mass is 10.1. The molecule has 6 heteroatoms. The minimum atomic E-state index is -2.85. The normalized spacial score (nSPS) is 14.1. The van der Waals surface area contributed by atoms with Gasteiger partial charge in [0.2, 0.25) is 0 Å². The first-order chi connectivity index (χ1) is 8.49. The fraction of sp³-hybridized carbons (Fsp3) is 0.500. The Labute approximate surface area is 116 Å². The smallest absolute Gasteiger partial charge is 0.147 e. The lowest BCUT2D eigenvalue weighted by Crippen LogP contribution is -2.16. The number of nitrogens with one attached hydrogen (secondary N) is 1. The Morgan fingerprint density at radius 2 is 2.17 bits per heavy atom. The van der Waals surface area contributed by atoms with Crippen molar-refractivity contribution in [1.82, 2.24) is 5.32 Å². The van der Waals surface area contributed by atoms with Crippen molar-refractivity contribution < 1.29 is 8.42 Å². The first-order valence-electron chi connectivity index (χ1n) is 5.81. The van der Waals surface area contributed by atoms with E-state index >= 15 is 0 Å². The summed E-state index contributed by atoms with van der Waals surface area (Å²) in [7, 11) is -0.917. The van der Waals surface area contributed by atoms with E-state index in [2.05, 4.69) is 22.8 Å². The van der Waals surface area contributed by atoms with Crippen molar-refractivity contribution in [3.05, 3.63) is 22.4 Å². The van der Waals surface area contributed by atoms with Gasteiger partial charge in [-0.05, 0) is 37.4 Å². The number of hydrogen-bond donors (Lipinski definition) is 1. The molecule has 2 aromatic rings. The summed E-state index contributed by atoms with van der Waals surface area (Å²) < 4.78 is 24.9. The molecule has 0 saturated heterocycles.